The summed E-state index contributed by atoms with van der Waals surface area (Å²) in [6.07, 6.45) is 0. The molecule has 1 atom stereocenters. The highest BCUT2D eigenvalue weighted by Crippen LogP contribution is 2.24. The van der Waals surface area contributed by atoms with E-state index in [1.807, 2.05) is 54.6 Å². The van der Waals surface area contributed by atoms with Crippen LogP contribution in [0.5, 0.6) is 11.5 Å². The Kier molecular flexibility index (Phi) is 5.24. The molecular weight excluding hydrogens is 292 g/mol. The molecule has 0 spiro atoms. The molecule has 2 aromatic rings. The molecule has 1 aliphatic rings. The zero-order chi connectivity index (χ0) is 15.9. The van der Waals surface area contributed by atoms with Gasteiger partial charge in [0.2, 0.25) is 5.91 Å². The van der Waals surface area contributed by atoms with Crippen molar-refractivity contribution < 1.29 is 14.3 Å². The molecule has 1 heterocycles. The van der Waals surface area contributed by atoms with Crippen LogP contribution in [-0.2, 0) is 16.1 Å². The zero-order valence-electron chi connectivity index (χ0n) is 12.8. The molecule has 5 heteroatoms. The van der Waals surface area contributed by atoms with E-state index in [1.165, 1.54) is 0 Å². The third kappa shape index (κ3) is 4.31. The van der Waals surface area contributed by atoms with Crippen LogP contribution in [-0.4, -0.2) is 31.7 Å². The number of hydrogen-bond donors (Lipinski definition) is 2. The molecule has 1 aliphatic heterocycles. The minimum atomic E-state index is -0.286. The number of ether oxygens (including phenoxy) is 2. The minimum Gasteiger partial charge on any atom is -0.457 e. The lowest BCUT2D eigenvalue weighted by atomic mass is 10.2. The van der Waals surface area contributed by atoms with Crippen LogP contribution >= 0.6 is 0 Å². The zero-order valence-corrected chi connectivity index (χ0v) is 12.8. The van der Waals surface area contributed by atoms with Crippen molar-refractivity contribution in [3.8, 4) is 11.5 Å². The van der Waals surface area contributed by atoms with Crippen molar-refractivity contribution in [1.29, 1.82) is 0 Å². The van der Waals surface area contributed by atoms with Crippen LogP contribution in [0.3, 0.4) is 0 Å². The van der Waals surface area contributed by atoms with Gasteiger partial charge in [0.25, 0.3) is 0 Å². The molecule has 2 N–H and O–H groups in total. The van der Waals surface area contributed by atoms with Gasteiger partial charge in [-0.2, -0.15) is 0 Å². The van der Waals surface area contributed by atoms with Crippen LogP contribution < -0.4 is 15.4 Å². The second-order valence-electron chi connectivity index (χ2n) is 5.32. The van der Waals surface area contributed by atoms with Crippen molar-refractivity contribution in [1.82, 2.24) is 10.6 Å². The Hall–Kier alpha value is -2.37. The maximum absolute atomic E-state index is 12.1. The highest BCUT2D eigenvalue weighted by molar-refractivity contribution is 5.82. The number of rotatable bonds is 5. The first kappa shape index (κ1) is 15.5. The number of carbonyl (C=O) groups is 1. The molecule has 1 unspecified atom stereocenters. The minimum absolute atomic E-state index is 0.0563. The predicted molar refractivity (Wildman–Crippen MR) is 87.4 cm³/mol. The number of amides is 1. The van der Waals surface area contributed by atoms with Gasteiger partial charge in [-0.15, -0.1) is 0 Å². The molecule has 0 radical (unpaired) electrons. The predicted octanol–water partition coefficient (Wildman–Crippen LogP) is 2.08. The molecule has 23 heavy (non-hydrogen) atoms. The topological polar surface area (TPSA) is 59.6 Å². The number of carbonyl (C=O) groups excluding carboxylic acids is 1. The van der Waals surface area contributed by atoms with E-state index in [2.05, 4.69) is 10.6 Å². The van der Waals surface area contributed by atoms with Crippen LogP contribution in [0.15, 0.2) is 54.6 Å². The Labute approximate surface area is 135 Å². The van der Waals surface area contributed by atoms with Crippen LogP contribution in [0, 0.1) is 0 Å². The van der Waals surface area contributed by atoms with E-state index >= 15 is 0 Å². The Morgan fingerprint density at radius 2 is 1.96 bits per heavy atom. The van der Waals surface area contributed by atoms with Gasteiger partial charge in [0.05, 0.1) is 13.2 Å². The molecule has 0 aromatic heterocycles. The molecule has 1 saturated heterocycles. The summed E-state index contributed by atoms with van der Waals surface area (Å²) >= 11 is 0. The Morgan fingerprint density at radius 1 is 1.17 bits per heavy atom. The summed E-state index contributed by atoms with van der Waals surface area (Å²) in [7, 11) is 0. The molecule has 120 valence electrons. The average Bonchev–Trinajstić information content (AvgIpc) is 2.62. The SMILES string of the molecule is O=C(NCc1ccccc1Oc1ccccc1)C1COCCN1. The second-order valence-corrected chi connectivity index (χ2v) is 5.32. The monoisotopic (exact) mass is 312 g/mol. The van der Waals surface area contributed by atoms with Crippen molar-refractivity contribution in [2.75, 3.05) is 19.8 Å². The van der Waals surface area contributed by atoms with Gasteiger partial charge in [0.1, 0.15) is 17.5 Å². The van der Waals surface area contributed by atoms with Gasteiger partial charge < -0.3 is 20.1 Å². The average molecular weight is 312 g/mol. The van der Waals surface area contributed by atoms with E-state index in [1.54, 1.807) is 0 Å². The summed E-state index contributed by atoms with van der Waals surface area (Å²) < 4.78 is 11.2. The normalized spacial score (nSPS) is 17.5. The van der Waals surface area contributed by atoms with E-state index in [4.69, 9.17) is 9.47 Å². The number of morpholine rings is 1. The lowest BCUT2D eigenvalue weighted by Crippen LogP contribution is -2.51. The molecule has 2 aromatic carbocycles. The lowest BCUT2D eigenvalue weighted by molar-refractivity contribution is -0.126. The molecule has 0 aliphatic carbocycles. The van der Waals surface area contributed by atoms with E-state index < -0.39 is 0 Å². The molecule has 0 saturated carbocycles. The first-order valence-electron chi connectivity index (χ1n) is 7.72. The van der Waals surface area contributed by atoms with Gasteiger partial charge >= 0.3 is 0 Å². The lowest BCUT2D eigenvalue weighted by Gasteiger charge is -2.23. The second kappa shape index (κ2) is 7.76. The van der Waals surface area contributed by atoms with E-state index in [0.29, 0.717) is 26.3 Å². The van der Waals surface area contributed by atoms with Crippen LogP contribution in [0.1, 0.15) is 5.56 Å². The number of benzene rings is 2. The van der Waals surface area contributed by atoms with Crippen molar-refractivity contribution >= 4 is 5.91 Å². The van der Waals surface area contributed by atoms with Gasteiger partial charge in [-0.25, -0.2) is 0 Å². The Bertz CT molecular complexity index is 640. The summed E-state index contributed by atoms with van der Waals surface area (Å²) in [5, 5.41) is 6.07. The van der Waals surface area contributed by atoms with E-state index in [-0.39, 0.29) is 11.9 Å². The Balaban J connectivity index is 1.62. The Morgan fingerprint density at radius 3 is 2.74 bits per heavy atom. The fraction of sp³-hybridized carbons (Fsp3) is 0.278. The summed E-state index contributed by atoms with van der Waals surface area (Å²) in [6, 6.07) is 17.0. The van der Waals surface area contributed by atoms with E-state index in [9.17, 15) is 4.79 Å². The first-order valence-corrected chi connectivity index (χ1v) is 7.72. The van der Waals surface area contributed by atoms with Crippen LogP contribution in [0.4, 0.5) is 0 Å². The van der Waals surface area contributed by atoms with Gasteiger partial charge in [0.15, 0.2) is 0 Å². The first-order chi connectivity index (χ1) is 11.3. The number of hydrogen-bond acceptors (Lipinski definition) is 4. The maximum atomic E-state index is 12.1. The molecule has 1 fully saturated rings. The van der Waals surface area contributed by atoms with Crippen molar-refractivity contribution in [3.05, 3.63) is 60.2 Å². The molecular formula is C18H20N2O3. The quantitative estimate of drug-likeness (QED) is 0.887. The summed E-state index contributed by atoms with van der Waals surface area (Å²) in [6.45, 7) is 2.18. The van der Waals surface area contributed by atoms with Gasteiger partial charge in [-0.1, -0.05) is 36.4 Å². The number of para-hydroxylation sites is 2. The van der Waals surface area contributed by atoms with Crippen LogP contribution in [0.2, 0.25) is 0 Å². The van der Waals surface area contributed by atoms with Crippen molar-refractivity contribution in [3.63, 3.8) is 0 Å². The summed E-state index contributed by atoms with van der Waals surface area (Å²) in [4.78, 5) is 12.1. The van der Waals surface area contributed by atoms with Crippen molar-refractivity contribution in [2.45, 2.75) is 12.6 Å². The van der Waals surface area contributed by atoms with Gasteiger partial charge in [-0.05, 0) is 18.2 Å². The smallest absolute Gasteiger partial charge is 0.239 e. The fourth-order valence-corrected chi connectivity index (χ4v) is 2.40. The standard InChI is InChI=1S/C18H20N2O3/c21-18(16-13-22-11-10-19-16)20-12-14-6-4-5-9-17(14)23-15-7-2-1-3-8-15/h1-9,16,19H,10-13H2,(H,20,21). The molecule has 5 nitrogen and oxygen atoms in total. The molecule has 3 rings (SSSR count). The van der Waals surface area contributed by atoms with Crippen molar-refractivity contribution in [2.24, 2.45) is 0 Å². The summed E-state index contributed by atoms with van der Waals surface area (Å²) in [5.74, 6) is 1.46. The molecule has 1 amide bonds. The fourth-order valence-electron chi connectivity index (χ4n) is 2.40. The van der Waals surface area contributed by atoms with Gasteiger partial charge in [-0.3, -0.25) is 4.79 Å². The highest BCUT2D eigenvalue weighted by Gasteiger charge is 2.20. The maximum Gasteiger partial charge on any atom is 0.239 e. The largest absolute Gasteiger partial charge is 0.457 e. The van der Waals surface area contributed by atoms with Crippen LogP contribution in [0.25, 0.3) is 0 Å². The third-order valence-corrected chi connectivity index (χ3v) is 3.63. The summed E-state index contributed by atoms with van der Waals surface area (Å²) in [5.41, 5.74) is 0.932. The highest BCUT2D eigenvalue weighted by atomic mass is 16.5. The molecule has 0 bridgehead atoms. The van der Waals surface area contributed by atoms with E-state index in [0.717, 1.165) is 17.1 Å². The van der Waals surface area contributed by atoms with Gasteiger partial charge in [0, 0.05) is 18.7 Å². The third-order valence-electron chi connectivity index (χ3n) is 3.63. The number of nitrogens with one attached hydrogen (secondary N) is 2.